The Bertz CT molecular complexity index is 1240. The molecule has 0 aliphatic heterocycles. The lowest BCUT2D eigenvalue weighted by molar-refractivity contribution is -0.118. The number of fused-ring (bicyclic) bond motifs is 1. The molecule has 1 aromatic heterocycles. The van der Waals surface area contributed by atoms with E-state index in [1.165, 1.54) is 17.6 Å². The third-order valence-electron chi connectivity index (χ3n) is 4.68. The van der Waals surface area contributed by atoms with Gasteiger partial charge in [0.1, 0.15) is 5.75 Å². The van der Waals surface area contributed by atoms with Gasteiger partial charge >= 0.3 is 0 Å². The standard InChI is InChI=1S/C22H26N2O5S3/c1-28-13-12-24-19-11-10-18(32(3,26)27)15-20(19)31-22(24)23-21(25)5-4-14-30-17-8-6-16(29-2)7-9-17/h6-11,15H,4-5,12-14H2,1-3H3. The molecule has 0 spiro atoms. The summed E-state index contributed by atoms with van der Waals surface area (Å²) in [6.07, 6.45) is 2.23. The van der Waals surface area contributed by atoms with Gasteiger partial charge in [-0.05, 0) is 54.6 Å². The smallest absolute Gasteiger partial charge is 0.248 e. The van der Waals surface area contributed by atoms with Crippen LogP contribution in [0.3, 0.4) is 0 Å². The van der Waals surface area contributed by atoms with Gasteiger partial charge < -0.3 is 14.0 Å². The molecule has 2 aromatic carbocycles. The summed E-state index contributed by atoms with van der Waals surface area (Å²) in [5.74, 6) is 1.43. The van der Waals surface area contributed by atoms with Gasteiger partial charge in [-0.3, -0.25) is 4.79 Å². The first-order valence-electron chi connectivity index (χ1n) is 9.98. The summed E-state index contributed by atoms with van der Waals surface area (Å²) in [5.41, 5.74) is 0.834. The van der Waals surface area contributed by atoms with E-state index in [1.54, 1.807) is 44.2 Å². The van der Waals surface area contributed by atoms with Crippen molar-refractivity contribution < 1.29 is 22.7 Å². The summed E-state index contributed by atoms with van der Waals surface area (Å²) in [4.78, 5) is 18.8. The lowest BCUT2D eigenvalue weighted by Crippen LogP contribution is -2.19. The van der Waals surface area contributed by atoms with Crippen molar-refractivity contribution in [2.75, 3.05) is 32.8 Å². The number of thioether (sulfide) groups is 1. The Morgan fingerprint density at radius 2 is 1.91 bits per heavy atom. The topological polar surface area (TPSA) is 87.0 Å². The molecule has 0 bridgehead atoms. The van der Waals surface area contributed by atoms with Crippen LogP contribution in [0.1, 0.15) is 12.8 Å². The number of carbonyl (C=O) groups excluding carboxylic acids is 1. The van der Waals surface area contributed by atoms with Crippen molar-refractivity contribution >= 4 is 49.1 Å². The van der Waals surface area contributed by atoms with Crippen LogP contribution in [0.25, 0.3) is 10.2 Å². The van der Waals surface area contributed by atoms with Gasteiger partial charge in [0.2, 0.25) is 5.91 Å². The molecule has 0 atom stereocenters. The van der Waals surface area contributed by atoms with E-state index >= 15 is 0 Å². The van der Waals surface area contributed by atoms with Crippen LogP contribution < -0.4 is 9.54 Å². The molecule has 0 saturated carbocycles. The highest BCUT2D eigenvalue weighted by Crippen LogP contribution is 2.23. The maximum Gasteiger partial charge on any atom is 0.248 e. The fourth-order valence-corrected chi connectivity index (χ4v) is 5.70. The quantitative estimate of drug-likeness (QED) is 0.315. The maximum atomic E-state index is 12.5. The second-order valence-electron chi connectivity index (χ2n) is 7.06. The van der Waals surface area contributed by atoms with E-state index in [2.05, 4.69) is 4.99 Å². The second-order valence-corrected chi connectivity index (χ2v) is 11.3. The molecule has 3 rings (SSSR count). The molecule has 3 aromatic rings. The number of thiazole rings is 1. The lowest BCUT2D eigenvalue weighted by atomic mass is 10.3. The monoisotopic (exact) mass is 494 g/mol. The predicted molar refractivity (Wildman–Crippen MR) is 128 cm³/mol. The SMILES string of the molecule is COCCn1c(=NC(=O)CCCSc2ccc(OC)cc2)sc2cc(S(C)(=O)=O)ccc21. The van der Waals surface area contributed by atoms with E-state index in [4.69, 9.17) is 9.47 Å². The Hall–Kier alpha value is -2.14. The Balaban J connectivity index is 1.72. The molecule has 172 valence electrons. The Labute approximate surface area is 196 Å². The van der Waals surface area contributed by atoms with Gasteiger partial charge in [0.15, 0.2) is 14.6 Å². The third kappa shape index (κ3) is 6.44. The molecule has 0 aliphatic carbocycles. The number of hydrogen-bond acceptors (Lipinski definition) is 7. The van der Waals surface area contributed by atoms with Gasteiger partial charge in [-0.1, -0.05) is 11.3 Å². The fourth-order valence-electron chi connectivity index (χ4n) is 3.02. The van der Waals surface area contributed by atoms with Crippen LogP contribution in [0.2, 0.25) is 0 Å². The number of benzene rings is 2. The third-order valence-corrected chi connectivity index (χ3v) is 7.93. The first kappa shape index (κ1) is 24.5. The summed E-state index contributed by atoms with van der Waals surface area (Å²) >= 11 is 3.00. The van der Waals surface area contributed by atoms with Gasteiger partial charge in [0.05, 0.1) is 28.8 Å². The number of amides is 1. The number of sulfone groups is 1. The molecule has 0 radical (unpaired) electrons. The minimum Gasteiger partial charge on any atom is -0.497 e. The van der Waals surface area contributed by atoms with E-state index < -0.39 is 9.84 Å². The normalized spacial score (nSPS) is 12.4. The van der Waals surface area contributed by atoms with E-state index in [0.717, 1.165) is 26.6 Å². The number of nitrogens with zero attached hydrogens (tertiary/aromatic N) is 2. The molecular formula is C22H26N2O5S3. The number of rotatable bonds is 10. The fraction of sp³-hybridized carbons (Fsp3) is 0.364. The maximum absolute atomic E-state index is 12.5. The molecule has 0 saturated heterocycles. The lowest BCUT2D eigenvalue weighted by Gasteiger charge is -2.05. The summed E-state index contributed by atoms with van der Waals surface area (Å²) in [6.45, 7) is 0.980. The highest BCUT2D eigenvalue weighted by Gasteiger charge is 2.13. The van der Waals surface area contributed by atoms with Crippen LogP contribution in [0.4, 0.5) is 0 Å². The van der Waals surface area contributed by atoms with E-state index in [1.807, 2.05) is 28.8 Å². The van der Waals surface area contributed by atoms with Gasteiger partial charge in [-0.25, -0.2) is 8.42 Å². The van der Waals surface area contributed by atoms with Crippen molar-refractivity contribution in [3.8, 4) is 5.75 Å². The zero-order chi connectivity index (χ0) is 23.1. The number of carbonyl (C=O) groups is 1. The van der Waals surface area contributed by atoms with Crippen LogP contribution in [-0.2, 0) is 25.9 Å². The largest absolute Gasteiger partial charge is 0.497 e. The van der Waals surface area contributed by atoms with E-state index in [-0.39, 0.29) is 10.8 Å². The summed E-state index contributed by atoms with van der Waals surface area (Å²) < 4.78 is 36.8. The van der Waals surface area contributed by atoms with Crippen LogP contribution >= 0.6 is 23.1 Å². The van der Waals surface area contributed by atoms with Crippen molar-refractivity contribution in [2.24, 2.45) is 4.99 Å². The number of ether oxygens (including phenoxy) is 2. The average molecular weight is 495 g/mol. The molecule has 10 heteroatoms. The summed E-state index contributed by atoms with van der Waals surface area (Å²) in [6, 6.07) is 12.8. The highest BCUT2D eigenvalue weighted by atomic mass is 32.2. The zero-order valence-electron chi connectivity index (χ0n) is 18.2. The van der Waals surface area contributed by atoms with Gasteiger partial charge in [-0.2, -0.15) is 4.99 Å². The second kappa shape index (κ2) is 11.1. The number of aromatic nitrogens is 1. The Kier molecular flexibility index (Phi) is 8.52. The first-order valence-corrected chi connectivity index (χ1v) is 13.7. The molecule has 32 heavy (non-hydrogen) atoms. The van der Waals surface area contributed by atoms with E-state index in [0.29, 0.717) is 30.8 Å². The number of hydrogen-bond donors (Lipinski definition) is 0. The molecule has 0 N–H and O–H groups in total. The van der Waals surface area contributed by atoms with Crippen LogP contribution in [0, 0.1) is 0 Å². The molecule has 1 amide bonds. The van der Waals surface area contributed by atoms with Gasteiger partial charge in [0.25, 0.3) is 0 Å². The van der Waals surface area contributed by atoms with Gasteiger partial charge in [-0.15, -0.1) is 11.8 Å². The molecule has 0 aliphatic rings. The number of methoxy groups -OCH3 is 2. The van der Waals surface area contributed by atoms with Crippen molar-refractivity contribution in [2.45, 2.75) is 29.2 Å². The van der Waals surface area contributed by atoms with Crippen LogP contribution in [0.5, 0.6) is 5.75 Å². The Morgan fingerprint density at radius 1 is 1.16 bits per heavy atom. The zero-order valence-corrected chi connectivity index (χ0v) is 20.7. The summed E-state index contributed by atoms with van der Waals surface area (Å²) in [5, 5.41) is 0. The summed E-state index contributed by atoms with van der Waals surface area (Å²) in [7, 11) is -0.0671. The average Bonchev–Trinajstić information content (AvgIpc) is 3.11. The van der Waals surface area contributed by atoms with Crippen molar-refractivity contribution in [1.29, 1.82) is 0 Å². The van der Waals surface area contributed by atoms with Crippen molar-refractivity contribution in [1.82, 2.24) is 4.57 Å². The van der Waals surface area contributed by atoms with E-state index in [9.17, 15) is 13.2 Å². The first-order chi connectivity index (χ1) is 15.3. The molecular weight excluding hydrogens is 468 g/mol. The minimum absolute atomic E-state index is 0.193. The van der Waals surface area contributed by atoms with Crippen LogP contribution in [0.15, 0.2) is 57.2 Å². The van der Waals surface area contributed by atoms with Crippen molar-refractivity contribution in [3.63, 3.8) is 0 Å². The molecule has 0 unspecified atom stereocenters. The molecule has 7 nitrogen and oxygen atoms in total. The Morgan fingerprint density at radius 3 is 2.56 bits per heavy atom. The molecule has 1 heterocycles. The predicted octanol–water partition coefficient (Wildman–Crippen LogP) is 3.76. The highest BCUT2D eigenvalue weighted by molar-refractivity contribution is 7.99. The van der Waals surface area contributed by atoms with Crippen LogP contribution in [-0.4, -0.2) is 51.7 Å². The molecule has 0 fully saturated rings. The minimum atomic E-state index is -3.31. The van der Waals surface area contributed by atoms with Gasteiger partial charge in [0, 0.05) is 31.2 Å². The van der Waals surface area contributed by atoms with Crippen molar-refractivity contribution in [3.05, 3.63) is 47.3 Å².